The van der Waals surface area contributed by atoms with E-state index in [2.05, 4.69) is 35.7 Å². The number of unbranched alkanes of at least 4 members (excludes halogenated alkanes) is 1. The Labute approximate surface area is 88.6 Å². The molecule has 0 amide bonds. The van der Waals surface area contributed by atoms with E-state index < -0.39 is 0 Å². The summed E-state index contributed by atoms with van der Waals surface area (Å²) in [7, 11) is 0. The van der Waals surface area contributed by atoms with Crippen molar-refractivity contribution in [3.8, 4) is 0 Å². The zero-order chi connectivity index (χ0) is 8.10. The van der Waals surface area contributed by atoms with E-state index in [1.54, 1.807) is 0 Å². The van der Waals surface area contributed by atoms with Gasteiger partial charge < -0.3 is 9.80 Å². The summed E-state index contributed by atoms with van der Waals surface area (Å²) in [6.45, 7) is 8.06. The molecule has 0 atom stereocenters. The van der Waals surface area contributed by atoms with E-state index in [1.807, 2.05) is 6.20 Å². The molecule has 0 N–H and O–H groups in total. The van der Waals surface area contributed by atoms with Crippen molar-refractivity contribution in [2.75, 3.05) is 13.2 Å². The van der Waals surface area contributed by atoms with E-state index in [4.69, 9.17) is 0 Å². The Balaban J connectivity index is 0.00000121. The minimum Gasteiger partial charge on any atom is -0.358 e. The molecule has 1 aliphatic heterocycles. The molecule has 0 saturated heterocycles. The summed E-state index contributed by atoms with van der Waals surface area (Å²) in [6.07, 6.45) is 8.57. The van der Waals surface area contributed by atoms with Gasteiger partial charge in [-0.15, -0.1) is 0 Å². The number of hydrogen-bond donors (Lipinski definition) is 0. The second-order valence-corrected chi connectivity index (χ2v) is 2.80. The van der Waals surface area contributed by atoms with E-state index in [0.717, 1.165) is 13.2 Å². The molecule has 0 bridgehead atoms. The maximum absolute atomic E-state index is 3.71. The molecule has 1 heterocycles. The Morgan fingerprint density at radius 2 is 2.25 bits per heavy atom. The van der Waals surface area contributed by atoms with Gasteiger partial charge in [-0.3, -0.25) is 0 Å². The molecule has 1 radical (unpaired) electrons. The molecule has 0 unspecified atom stereocenters. The number of hydrogen-bond acceptors (Lipinski definition) is 2. The van der Waals surface area contributed by atoms with Gasteiger partial charge in [0.05, 0.1) is 6.67 Å². The van der Waals surface area contributed by atoms with Crippen LogP contribution in [0, 0.1) is 0 Å². The molecular formula is C9H16N2Re. The summed E-state index contributed by atoms with van der Waals surface area (Å²) in [5, 5.41) is 0. The first-order valence-electron chi connectivity index (χ1n) is 4.17. The second-order valence-electron chi connectivity index (χ2n) is 2.80. The molecular weight excluding hydrogens is 322 g/mol. The first-order chi connectivity index (χ1) is 5.36. The molecule has 0 aliphatic carbocycles. The minimum atomic E-state index is 0. The maximum atomic E-state index is 3.71. The van der Waals surface area contributed by atoms with Crippen molar-refractivity contribution in [3.05, 3.63) is 25.2 Å². The van der Waals surface area contributed by atoms with Crippen LogP contribution in [0.1, 0.15) is 19.8 Å². The van der Waals surface area contributed by atoms with E-state index in [-0.39, 0.29) is 20.4 Å². The van der Waals surface area contributed by atoms with E-state index in [1.165, 1.54) is 12.8 Å². The average Bonchev–Trinajstić information content (AvgIpc) is 2.48. The SMILES string of the molecule is C=CN1C=CN(CCCC)C1.[Re]. The van der Waals surface area contributed by atoms with Crippen molar-refractivity contribution in [1.29, 1.82) is 0 Å². The Morgan fingerprint density at radius 1 is 1.50 bits per heavy atom. The van der Waals surface area contributed by atoms with Crippen LogP contribution < -0.4 is 0 Å². The molecule has 1 aliphatic rings. The van der Waals surface area contributed by atoms with Gasteiger partial charge in [0.15, 0.2) is 0 Å². The maximum Gasteiger partial charge on any atom is 0.0935 e. The first-order valence-corrected chi connectivity index (χ1v) is 4.17. The monoisotopic (exact) mass is 339 g/mol. The van der Waals surface area contributed by atoms with Gasteiger partial charge in [0.25, 0.3) is 0 Å². The fourth-order valence-electron chi connectivity index (χ4n) is 1.11. The summed E-state index contributed by atoms with van der Waals surface area (Å²) in [6, 6.07) is 0. The topological polar surface area (TPSA) is 6.48 Å². The van der Waals surface area contributed by atoms with Crippen LogP contribution in [-0.4, -0.2) is 23.0 Å². The average molecular weight is 338 g/mol. The van der Waals surface area contributed by atoms with E-state index >= 15 is 0 Å². The molecule has 0 aromatic rings. The summed E-state index contributed by atoms with van der Waals surface area (Å²) >= 11 is 0. The largest absolute Gasteiger partial charge is 0.358 e. The fraction of sp³-hybridized carbons (Fsp3) is 0.556. The molecule has 0 aromatic carbocycles. The summed E-state index contributed by atoms with van der Waals surface area (Å²) in [5.41, 5.74) is 0. The molecule has 0 fully saturated rings. The Hall–Kier alpha value is -0.258. The first kappa shape index (κ1) is 11.7. The van der Waals surface area contributed by atoms with Crippen molar-refractivity contribution in [2.45, 2.75) is 19.8 Å². The van der Waals surface area contributed by atoms with Crippen LogP contribution in [0.5, 0.6) is 0 Å². The van der Waals surface area contributed by atoms with Gasteiger partial charge in [-0.25, -0.2) is 0 Å². The van der Waals surface area contributed by atoms with Crippen LogP contribution in [0.15, 0.2) is 25.2 Å². The zero-order valence-corrected chi connectivity index (χ0v) is 10.3. The van der Waals surface area contributed by atoms with Crippen LogP contribution in [0.2, 0.25) is 0 Å². The molecule has 12 heavy (non-hydrogen) atoms. The predicted molar refractivity (Wildman–Crippen MR) is 47.7 cm³/mol. The summed E-state index contributed by atoms with van der Waals surface area (Å²) in [5.74, 6) is 0. The Bertz CT molecular complexity index is 157. The smallest absolute Gasteiger partial charge is 0.0935 e. The third kappa shape index (κ3) is 3.43. The third-order valence-electron chi connectivity index (χ3n) is 1.85. The van der Waals surface area contributed by atoms with Gasteiger partial charge in [-0.1, -0.05) is 19.9 Å². The fourth-order valence-corrected chi connectivity index (χ4v) is 1.11. The molecule has 0 aromatic heterocycles. The van der Waals surface area contributed by atoms with Crippen molar-refractivity contribution in [1.82, 2.24) is 9.80 Å². The molecule has 1 rings (SSSR count). The quantitative estimate of drug-likeness (QED) is 0.773. The predicted octanol–water partition coefficient (Wildman–Crippen LogP) is 1.97. The molecule has 2 nitrogen and oxygen atoms in total. The van der Waals surface area contributed by atoms with Crippen molar-refractivity contribution >= 4 is 0 Å². The number of nitrogens with zero attached hydrogens (tertiary/aromatic N) is 2. The summed E-state index contributed by atoms with van der Waals surface area (Å²) < 4.78 is 0. The van der Waals surface area contributed by atoms with Crippen LogP contribution >= 0.6 is 0 Å². The van der Waals surface area contributed by atoms with Gasteiger partial charge in [-0.05, 0) is 12.6 Å². The van der Waals surface area contributed by atoms with Crippen molar-refractivity contribution < 1.29 is 20.4 Å². The Morgan fingerprint density at radius 3 is 2.75 bits per heavy atom. The molecule has 0 spiro atoms. The second kappa shape index (κ2) is 6.28. The Kier molecular flexibility index (Phi) is 6.14. The van der Waals surface area contributed by atoms with Gasteiger partial charge in [0.2, 0.25) is 0 Å². The normalized spacial score (nSPS) is 14.8. The van der Waals surface area contributed by atoms with Crippen LogP contribution in [0.4, 0.5) is 0 Å². The van der Waals surface area contributed by atoms with Crippen molar-refractivity contribution in [2.24, 2.45) is 0 Å². The molecule has 69 valence electrons. The van der Waals surface area contributed by atoms with Gasteiger partial charge >= 0.3 is 0 Å². The standard InChI is InChI=1S/C9H16N2.Re/c1-3-5-6-11-8-7-10(4-2)9-11;/h4,7-8H,2-3,5-6,9H2,1H3;. The minimum absolute atomic E-state index is 0. The third-order valence-corrected chi connectivity index (χ3v) is 1.85. The van der Waals surface area contributed by atoms with Gasteiger partial charge in [-0.2, -0.15) is 0 Å². The van der Waals surface area contributed by atoms with Crippen LogP contribution in [0.25, 0.3) is 0 Å². The van der Waals surface area contributed by atoms with Crippen molar-refractivity contribution in [3.63, 3.8) is 0 Å². The zero-order valence-electron chi connectivity index (χ0n) is 7.54. The van der Waals surface area contributed by atoms with Crippen LogP contribution in [-0.2, 0) is 20.4 Å². The summed E-state index contributed by atoms with van der Waals surface area (Å²) in [4.78, 5) is 4.38. The van der Waals surface area contributed by atoms with E-state index in [9.17, 15) is 0 Å². The van der Waals surface area contributed by atoms with Gasteiger partial charge in [0.1, 0.15) is 0 Å². The molecule has 3 heteroatoms. The number of rotatable bonds is 4. The molecule has 0 saturated carbocycles. The van der Waals surface area contributed by atoms with Crippen LogP contribution in [0.3, 0.4) is 0 Å². The van der Waals surface area contributed by atoms with E-state index in [0.29, 0.717) is 0 Å². The van der Waals surface area contributed by atoms with Gasteiger partial charge in [0, 0.05) is 39.4 Å².